The molecule has 3 N–H and O–H groups in total. The van der Waals surface area contributed by atoms with Crippen LogP contribution in [-0.2, 0) is 21.5 Å². The van der Waals surface area contributed by atoms with Gasteiger partial charge in [0.1, 0.15) is 11.6 Å². The van der Waals surface area contributed by atoms with Crippen molar-refractivity contribution in [3.63, 3.8) is 0 Å². The maximum absolute atomic E-state index is 13.4. The predicted octanol–water partition coefficient (Wildman–Crippen LogP) is 5.16. The molecule has 4 aromatic rings. The molecule has 3 amide bonds. The zero-order valence-electron chi connectivity index (χ0n) is 25.7. The Morgan fingerprint density at radius 3 is 2.72 bits per heavy atom. The molecule has 13 heteroatoms. The molecular formula is C33H37N5O7S. The Morgan fingerprint density at radius 2 is 1.89 bits per heavy atom. The minimum atomic E-state index is -4.33. The molecule has 1 aliphatic rings. The fourth-order valence-corrected chi connectivity index (χ4v) is 5.48. The summed E-state index contributed by atoms with van der Waals surface area (Å²) in [5.74, 6) is 0.610. The molecule has 12 nitrogen and oxygen atoms in total. The fourth-order valence-electron chi connectivity index (χ4n) is 5.17. The van der Waals surface area contributed by atoms with Crippen LogP contribution in [0.25, 0.3) is 11.1 Å². The third-order valence-electron chi connectivity index (χ3n) is 7.59. The van der Waals surface area contributed by atoms with Gasteiger partial charge in [-0.3, -0.25) is 14.0 Å². The van der Waals surface area contributed by atoms with Gasteiger partial charge in [0, 0.05) is 36.0 Å². The number of hydrogen-bond acceptors (Lipinski definition) is 7. The third-order valence-corrected chi connectivity index (χ3v) is 8.10. The van der Waals surface area contributed by atoms with Crippen molar-refractivity contribution in [2.45, 2.75) is 39.7 Å². The molecule has 0 bridgehead atoms. The molecule has 0 radical (unpaired) electrons. The van der Waals surface area contributed by atoms with Gasteiger partial charge in [0.2, 0.25) is 5.91 Å². The van der Waals surface area contributed by atoms with Crippen LogP contribution in [0.1, 0.15) is 36.0 Å². The van der Waals surface area contributed by atoms with Crippen LogP contribution < -0.4 is 25.0 Å². The van der Waals surface area contributed by atoms with E-state index in [0.29, 0.717) is 57.0 Å². The lowest BCUT2D eigenvalue weighted by Crippen LogP contribution is -2.33. The molecule has 1 aliphatic heterocycles. The predicted molar refractivity (Wildman–Crippen MR) is 175 cm³/mol. The van der Waals surface area contributed by atoms with E-state index in [1.54, 1.807) is 34.0 Å². The van der Waals surface area contributed by atoms with Crippen LogP contribution in [0.4, 0.5) is 16.2 Å². The summed E-state index contributed by atoms with van der Waals surface area (Å²) in [4.78, 5) is 27.2. The SMILES string of the molecule is Cc1cccc(OCCCC(=O)N2CCCOc3c(-c4cnn(Cc5cccc(NC(=O)NCS(=O)(=O)O)c5)c4)cccc32)c1C. The number of aromatic nitrogens is 2. The van der Waals surface area contributed by atoms with Crippen LogP contribution in [0.2, 0.25) is 0 Å². The zero-order chi connectivity index (χ0) is 32.7. The van der Waals surface area contributed by atoms with Crippen molar-refractivity contribution in [2.24, 2.45) is 0 Å². The highest BCUT2D eigenvalue weighted by molar-refractivity contribution is 7.85. The number of carbonyl (C=O) groups is 2. The summed E-state index contributed by atoms with van der Waals surface area (Å²) in [5, 5.41) is 9.14. The van der Waals surface area contributed by atoms with Crippen molar-refractivity contribution in [3.05, 3.63) is 89.7 Å². The number of amides is 3. The van der Waals surface area contributed by atoms with Gasteiger partial charge in [0.05, 0.1) is 31.6 Å². The summed E-state index contributed by atoms with van der Waals surface area (Å²) in [6, 6.07) is 18.0. The van der Waals surface area contributed by atoms with Gasteiger partial charge in [-0.15, -0.1) is 0 Å². The summed E-state index contributed by atoms with van der Waals surface area (Å²) in [6.45, 7) is 5.97. The van der Waals surface area contributed by atoms with Gasteiger partial charge in [-0.25, -0.2) is 4.79 Å². The number of fused-ring (bicyclic) bond motifs is 1. The molecule has 2 heterocycles. The van der Waals surface area contributed by atoms with E-state index in [1.807, 2.05) is 62.5 Å². The quantitative estimate of drug-likeness (QED) is 0.149. The van der Waals surface area contributed by atoms with Crippen molar-refractivity contribution < 1.29 is 32.0 Å². The number of carbonyl (C=O) groups excluding carboxylic acids is 2. The number of para-hydroxylation sites is 1. The number of rotatable bonds is 11. The fraction of sp³-hybridized carbons (Fsp3) is 0.303. The number of aryl methyl sites for hydroxylation is 1. The smallest absolute Gasteiger partial charge is 0.320 e. The second-order valence-electron chi connectivity index (χ2n) is 11.0. The topological polar surface area (TPSA) is 152 Å². The second-order valence-corrected chi connectivity index (χ2v) is 12.5. The number of nitrogens with zero attached hydrogens (tertiary/aromatic N) is 3. The van der Waals surface area contributed by atoms with Gasteiger partial charge >= 0.3 is 6.03 Å². The average Bonchev–Trinajstić information content (AvgIpc) is 3.36. The van der Waals surface area contributed by atoms with Gasteiger partial charge in [0.15, 0.2) is 5.75 Å². The Kier molecular flexibility index (Phi) is 10.2. The normalized spacial score (nSPS) is 12.9. The number of ether oxygens (including phenoxy) is 2. The number of benzene rings is 3. The molecule has 1 aromatic heterocycles. The molecule has 0 unspecified atom stereocenters. The molecule has 0 saturated heterocycles. The van der Waals surface area contributed by atoms with Crippen LogP contribution in [0, 0.1) is 13.8 Å². The Hall–Kier alpha value is -4.88. The van der Waals surface area contributed by atoms with Gasteiger partial charge in [-0.05, 0) is 67.6 Å². The molecule has 5 rings (SSSR count). The molecule has 0 fully saturated rings. The standard InChI is InChI=1S/C33H37N5O7S/c1-23-8-3-13-30(24(23)2)44-16-6-14-31(39)38-15-7-17-45-32-28(11-5-12-29(32)38)26-19-35-37(21-26)20-25-9-4-10-27(18-25)36-33(40)34-22-46(41,42)43/h3-5,8-13,18-19,21H,6-7,14-17,20,22H2,1-2H3,(H2,34,36,40)(H,41,42,43). The Bertz CT molecular complexity index is 1820. The van der Waals surface area contributed by atoms with E-state index in [0.717, 1.165) is 33.7 Å². The monoisotopic (exact) mass is 647 g/mol. The maximum Gasteiger partial charge on any atom is 0.320 e. The largest absolute Gasteiger partial charge is 0.493 e. The second kappa shape index (κ2) is 14.5. The van der Waals surface area contributed by atoms with Crippen molar-refractivity contribution in [1.82, 2.24) is 15.1 Å². The zero-order valence-corrected chi connectivity index (χ0v) is 26.5. The highest BCUT2D eigenvalue weighted by atomic mass is 32.2. The minimum Gasteiger partial charge on any atom is -0.493 e. The van der Waals surface area contributed by atoms with Crippen molar-refractivity contribution in [3.8, 4) is 22.6 Å². The minimum absolute atomic E-state index is 0.0179. The molecule has 0 aliphatic carbocycles. The first-order chi connectivity index (χ1) is 22.1. The number of anilines is 2. The van der Waals surface area contributed by atoms with Crippen LogP contribution in [-0.4, -0.2) is 60.3 Å². The van der Waals surface area contributed by atoms with E-state index in [9.17, 15) is 18.0 Å². The van der Waals surface area contributed by atoms with Crippen molar-refractivity contribution in [1.29, 1.82) is 0 Å². The molecule has 0 saturated carbocycles. The first-order valence-corrected chi connectivity index (χ1v) is 16.6. The van der Waals surface area contributed by atoms with E-state index in [4.69, 9.17) is 14.0 Å². The van der Waals surface area contributed by atoms with Crippen LogP contribution in [0.15, 0.2) is 73.1 Å². The lowest BCUT2D eigenvalue weighted by molar-refractivity contribution is -0.118. The molecule has 46 heavy (non-hydrogen) atoms. The molecule has 0 atom stereocenters. The van der Waals surface area contributed by atoms with Crippen LogP contribution >= 0.6 is 0 Å². The summed E-state index contributed by atoms with van der Waals surface area (Å²) >= 11 is 0. The lowest BCUT2D eigenvalue weighted by Gasteiger charge is -2.23. The molecule has 3 aromatic carbocycles. The third kappa shape index (κ3) is 8.43. The Balaban J connectivity index is 1.24. The lowest BCUT2D eigenvalue weighted by atomic mass is 10.1. The van der Waals surface area contributed by atoms with E-state index < -0.39 is 22.0 Å². The van der Waals surface area contributed by atoms with Crippen molar-refractivity contribution in [2.75, 3.05) is 35.9 Å². The van der Waals surface area contributed by atoms with Crippen LogP contribution in [0.5, 0.6) is 11.5 Å². The van der Waals surface area contributed by atoms with Gasteiger partial charge < -0.3 is 25.0 Å². The van der Waals surface area contributed by atoms with E-state index >= 15 is 0 Å². The Morgan fingerprint density at radius 1 is 1.09 bits per heavy atom. The first-order valence-electron chi connectivity index (χ1n) is 14.9. The van der Waals surface area contributed by atoms with Gasteiger partial charge in [0.25, 0.3) is 10.1 Å². The molecular weight excluding hydrogens is 610 g/mol. The molecule has 242 valence electrons. The maximum atomic E-state index is 13.4. The molecule has 0 spiro atoms. The first kappa shape index (κ1) is 32.5. The number of nitrogens with one attached hydrogen (secondary N) is 2. The summed E-state index contributed by atoms with van der Waals surface area (Å²) in [7, 11) is -4.33. The van der Waals surface area contributed by atoms with Crippen LogP contribution in [0.3, 0.4) is 0 Å². The van der Waals surface area contributed by atoms with Crippen molar-refractivity contribution >= 4 is 33.4 Å². The van der Waals surface area contributed by atoms with E-state index in [2.05, 4.69) is 15.7 Å². The Labute approximate surface area is 268 Å². The number of hydrogen-bond donors (Lipinski definition) is 3. The average molecular weight is 648 g/mol. The summed E-state index contributed by atoms with van der Waals surface area (Å²) < 4.78 is 44.5. The number of urea groups is 1. The van der Waals surface area contributed by atoms with Gasteiger partial charge in [-0.2, -0.15) is 13.5 Å². The highest BCUT2D eigenvalue weighted by Crippen LogP contribution is 2.40. The summed E-state index contributed by atoms with van der Waals surface area (Å²) in [5.41, 5.74) is 5.94. The van der Waals surface area contributed by atoms with Gasteiger partial charge in [-0.1, -0.05) is 36.4 Å². The van der Waals surface area contributed by atoms with E-state index in [-0.39, 0.29) is 5.91 Å². The summed E-state index contributed by atoms with van der Waals surface area (Å²) in [6.07, 6.45) is 5.28. The highest BCUT2D eigenvalue weighted by Gasteiger charge is 2.25. The van der Waals surface area contributed by atoms with E-state index in [1.165, 1.54) is 5.56 Å².